The van der Waals surface area contributed by atoms with Gasteiger partial charge < -0.3 is 19.9 Å². The molecule has 104 valence electrons. The molecule has 0 saturated carbocycles. The van der Waals surface area contributed by atoms with Crippen molar-refractivity contribution >= 4 is 11.9 Å². The van der Waals surface area contributed by atoms with Crippen LogP contribution in [0.1, 0.15) is 24.2 Å². The molecule has 0 aromatic heterocycles. The van der Waals surface area contributed by atoms with Crippen molar-refractivity contribution in [1.29, 1.82) is 0 Å². The summed E-state index contributed by atoms with van der Waals surface area (Å²) >= 11 is 0. The molecular weight excluding hydrogens is 250 g/mol. The maximum Gasteiger partial charge on any atom is 0.342 e. The first-order valence-corrected chi connectivity index (χ1v) is 5.85. The molecule has 2 N–H and O–H groups in total. The minimum Gasteiger partial charge on any atom is -0.507 e. The summed E-state index contributed by atoms with van der Waals surface area (Å²) in [5.41, 5.74) is -0.0167. The van der Waals surface area contributed by atoms with Crippen LogP contribution in [-0.4, -0.2) is 36.7 Å². The molecule has 0 aliphatic heterocycles. The lowest BCUT2D eigenvalue weighted by atomic mass is 10.2. The van der Waals surface area contributed by atoms with Crippen molar-refractivity contribution in [2.24, 2.45) is 0 Å². The lowest BCUT2D eigenvalue weighted by molar-refractivity contribution is -0.128. The van der Waals surface area contributed by atoms with E-state index in [2.05, 4.69) is 5.32 Å². The number of aromatic hydroxyl groups is 1. The summed E-state index contributed by atoms with van der Waals surface area (Å²) in [5.74, 6) is -0.985. The Kier molecular flexibility index (Phi) is 5.17. The molecule has 0 aliphatic carbocycles. The van der Waals surface area contributed by atoms with E-state index in [0.29, 0.717) is 12.3 Å². The van der Waals surface area contributed by atoms with Gasteiger partial charge in [0, 0.05) is 12.6 Å². The first kappa shape index (κ1) is 14.8. The van der Waals surface area contributed by atoms with Crippen LogP contribution in [0.4, 0.5) is 0 Å². The van der Waals surface area contributed by atoms with Crippen molar-refractivity contribution < 1.29 is 24.2 Å². The monoisotopic (exact) mass is 267 g/mol. The third-order valence-electron chi connectivity index (χ3n) is 2.43. The number of ether oxygens (including phenoxy) is 2. The summed E-state index contributed by atoms with van der Waals surface area (Å²) in [5, 5.41) is 12.2. The Balaban J connectivity index is 2.75. The zero-order valence-corrected chi connectivity index (χ0v) is 11.1. The fraction of sp³-hybridized carbons (Fsp3) is 0.385. The first-order valence-electron chi connectivity index (χ1n) is 5.85. The average molecular weight is 267 g/mol. The van der Waals surface area contributed by atoms with Crippen LogP contribution in [-0.2, 0) is 9.53 Å². The highest BCUT2D eigenvalue weighted by molar-refractivity contribution is 5.94. The predicted octanol–water partition coefficient (Wildman–Crippen LogP) is 1.08. The Hall–Kier alpha value is -2.24. The third-order valence-corrected chi connectivity index (χ3v) is 2.43. The average Bonchev–Trinajstić information content (AvgIpc) is 2.38. The second-order valence-corrected chi connectivity index (χ2v) is 3.83. The highest BCUT2D eigenvalue weighted by Gasteiger charge is 2.20. The lowest BCUT2D eigenvalue weighted by Crippen LogP contribution is -2.35. The van der Waals surface area contributed by atoms with Crippen molar-refractivity contribution in [3.63, 3.8) is 0 Å². The number of phenolic OH excluding ortho intramolecular Hbond substituents is 1. The Morgan fingerprint density at radius 1 is 1.42 bits per heavy atom. The number of carbonyl (C=O) groups is 2. The number of carbonyl (C=O) groups excluding carboxylic acids is 2. The zero-order chi connectivity index (χ0) is 14.4. The van der Waals surface area contributed by atoms with Crippen LogP contribution in [0, 0.1) is 0 Å². The Morgan fingerprint density at radius 2 is 2.11 bits per heavy atom. The molecule has 19 heavy (non-hydrogen) atoms. The molecule has 1 rings (SSSR count). The van der Waals surface area contributed by atoms with Gasteiger partial charge in [-0.1, -0.05) is 0 Å². The van der Waals surface area contributed by atoms with E-state index in [1.807, 2.05) is 0 Å². The highest BCUT2D eigenvalue weighted by Crippen LogP contribution is 2.24. The summed E-state index contributed by atoms with van der Waals surface area (Å²) in [4.78, 5) is 23.2. The second-order valence-electron chi connectivity index (χ2n) is 3.83. The van der Waals surface area contributed by atoms with E-state index in [1.165, 1.54) is 32.2 Å². The SMILES string of the molecule is CCNC(=O)[C@@H](C)OC(=O)c1ccc(OC)cc1O. The molecule has 0 saturated heterocycles. The molecule has 1 atom stereocenters. The third kappa shape index (κ3) is 3.87. The lowest BCUT2D eigenvalue weighted by Gasteiger charge is -2.13. The molecule has 0 spiro atoms. The van der Waals surface area contributed by atoms with Crippen molar-refractivity contribution in [3.8, 4) is 11.5 Å². The normalized spacial score (nSPS) is 11.5. The number of hydrogen-bond donors (Lipinski definition) is 2. The zero-order valence-electron chi connectivity index (χ0n) is 11.1. The predicted molar refractivity (Wildman–Crippen MR) is 68.2 cm³/mol. The molecule has 6 heteroatoms. The molecule has 0 fully saturated rings. The highest BCUT2D eigenvalue weighted by atomic mass is 16.5. The number of amides is 1. The van der Waals surface area contributed by atoms with Gasteiger partial charge in [-0.25, -0.2) is 4.79 Å². The maximum atomic E-state index is 11.8. The van der Waals surface area contributed by atoms with Gasteiger partial charge in [-0.2, -0.15) is 0 Å². The van der Waals surface area contributed by atoms with Crippen molar-refractivity contribution in [1.82, 2.24) is 5.32 Å². The van der Waals surface area contributed by atoms with Gasteiger partial charge in [-0.15, -0.1) is 0 Å². The Morgan fingerprint density at radius 3 is 2.63 bits per heavy atom. The van der Waals surface area contributed by atoms with E-state index in [4.69, 9.17) is 9.47 Å². The Labute approximate surface area is 111 Å². The van der Waals surface area contributed by atoms with E-state index in [9.17, 15) is 14.7 Å². The molecule has 0 bridgehead atoms. The number of nitrogens with one attached hydrogen (secondary N) is 1. The van der Waals surface area contributed by atoms with Gasteiger partial charge in [0.2, 0.25) is 0 Å². The van der Waals surface area contributed by atoms with Crippen LogP contribution < -0.4 is 10.1 Å². The molecule has 1 aromatic carbocycles. The summed E-state index contributed by atoms with van der Waals surface area (Å²) < 4.78 is 9.86. The summed E-state index contributed by atoms with van der Waals surface area (Å²) in [6, 6.07) is 4.20. The molecule has 0 unspecified atom stereocenters. The van der Waals surface area contributed by atoms with Crippen LogP contribution in [0.15, 0.2) is 18.2 Å². The van der Waals surface area contributed by atoms with Crippen LogP contribution in [0.2, 0.25) is 0 Å². The van der Waals surface area contributed by atoms with Crippen molar-refractivity contribution in [3.05, 3.63) is 23.8 Å². The number of likely N-dealkylation sites (N-methyl/N-ethyl adjacent to an activating group) is 1. The van der Waals surface area contributed by atoms with Crippen LogP contribution in [0.25, 0.3) is 0 Å². The van der Waals surface area contributed by atoms with Crippen molar-refractivity contribution in [2.75, 3.05) is 13.7 Å². The standard InChI is InChI=1S/C13H17NO5/c1-4-14-12(16)8(2)19-13(17)10-6-5-9(18-3)7-11(10)15/h5-8,15H,4H2,1-3H3,(H,14,16)/t8-/m1/s1. The topological polar surface area (TPSA) is 84.9 Å². The summed E-state index contributed by atoms with van der Waals surface area (Å²) in [6.07, 6.45) is -0.922. The van der Waals surface area contributed by atoms with E-state index >= 15 is 0 Å². The number of methoxy groups -OCH3 is 1. The maximum absolute atomic E-state index is 11.8. The first-order chi connectivity index (χ1) is 8.99. The van der Waals surface area contributed by atoms with E-state index in [0.717, 1.165) is 0 Å². The van der Waals surface area contributed by atoms with Gasteiger partial charge >= 0.3 is 5.97 Å². The minimum absolute atomic E-state index is 0.0167. The fourth-order valence-corrected chi connectivity index (χ4v) is 1.41. The number of rotatable bonds is 5. The quantitative estimate of drug-likeness (QED) is 0.780. The number of benzene rings is 1. The number of esters is 1. The molecular formula is C13H17NO5. The van der Waals surface area contributed by atoms with E-state index in [1.54, 1.807) is 6.92 Å². The number of hydrogen-bond acceptors (Lipinski definition) is 5. The summed E-state index contributed by atoms with van der Waals surface area (Å²) in [7, 11) is 1.45. The number of phenols is 1. The Bertz CT molecular complexity index is 472. The molecule has 1 amide bonds. The minimum atomic E-state index is -0.922. The van der Waals surface area contributed by atoms with Crippen molar-refractivity contribution in [2.45, 2.75) is 20.0 Å². The molecule has 1 aromatic rings. The summed E-state index contributed by atoms with van der Waals surface area (Å²) in [6.45, 7) is 3.68. The largest absolute Gasteiger partial charge is 0.507 e. The second kappa shape index (κ2) is 6.63. The molecule has 6 nitrogen and oxygen atoms in total. The van der Waals surface area contributed by atoms with Gasteiger partial charge in [-0.3, -0.25) is 4.79 Å². The van der Waals surface area contributed by atoms with E-state index in [-0.39, 0.29) is 17.2 Å². The molecule has 0 heterocycles. The van der Waals surface area contributed by atoms with Crippen LogP contribution in [0.5, 0.6) is 11.5 Å². The van der Waals surface area contributed by atoms with Gasteiger partial charge in [0.05, 0.1) is 7.11 Å². The van der Waals surface area contributed by atoms with Crippen LogP contribution in [0.3, 0.4) is 0 Å². The fourth-order valence-electron chi connectivity index (χ4n) is 1.41. The molecule has 0 aliphatic rings. The van der Waals surface area contributed by atoms with Crippen LogP contribution >= 0.6 is 0 Å². The smallest absolute Gasteiger partial charge is 0.342 e. The van der Waals surface area contributed by atoms with Gasteiger partial charge in [0.15, 0.2) is 6.10 Å². The molecule has 0 radical (unpaired) electrons. The van der Waals surface area contributed by atoms with E-state index < -0.39 is 12.1 Å². The van der Waals surface area contributed by atoms with Gasteiger partial charge in [0.1, 0.15) is 17.1 Å². The van der Waals surface area contributed by atoms with Gasteiger partial charge in [0.25, 0.3) is 5.91 Å². The van der Waals surface area contributed by atoms with Gasteiger partial charge in [-0.05, 0) is 26.0 Å².